The summed E-state index contributed by atoms with van der Waals surface area (Å²) in [5, 5.41) is 10.3. The van der Waals surface area contributed by atoms with Crippen molar-refractivity contribution in [1.82, 2.24) is 0 Å². The smallest absolute Gasteiger partial charge is 0.187 e. The summed E-state index contributed by atoms with van der Waals surface area (Å²) in [6.07, 6.45) is -6.77. The minimum atomic E-state index is -1.20. The lowest BCUT2D eigenvalue weighted by molar-refractivity contribution is -0.363. The molecule has 2 heterocycles. The summed E-state index contributed by atoms with van der Waals surface area (Å²) in [5.74, 6) is 0. The topological polar surface area (TPSA) is 113 Å². The summed E-state index contributed by atoms with van der Waals surface area (Å²) in [5.41, 5.74) is 0. The molecule has 10 atom stereocenters. The molecule has 11 heteroatoms. The summed E-state index contributed by atoms with van der Waals surface area (Å²) in [6, 6.07) is 0. The van der Waals surface area contributed by atoms with Crippen molar-refractivity contribution in [2.75, 3.05) is 63.0 Å². The maximum Gasteiger partial charge on any atom is 0.187 e. The summed E-state index contributed by atoms with van der Waals surface area (Å²) in [4.78, 5) is 0. The first-order valence-corrected chi connectivity index (χ1v) is 9.77. The van der Waals surface area contributed by atoms with Crippen LogP contribution in [0.3, 0.4) is 0 Å². The average Bonchev–Trinajstić information content (AvgIpc) is 2.74. The van der Waals surface area contributed by atoms with Crippen molar-refractivity contribution in [3.05, 3.63) is 0 Å². The Morgan fingerprint density at radius 3 is 1.50 bits per heavy atom. The van der Waals surface area contributed by atoms with Gasteiger partial charge in [0, 0.05) is 49.8 Å². The minimum absolute atomic E-state index is 0.165. The molecule has 2 fully saturated rings. The highest BCUT2D eigenvalue weighted by molar-refractivity contribution is 4.96. The van der Waals surface area contributed by atoms with Crippen LogP contribution < -0.4 is 0 Å². The predicted molar refractivity (Wildman–Crippen MR) is 102 cm³/mol. The Morgan fingerprint density at radius 2 is 1.03 bits per heavy atom. The van der Waals surface area contributed by atoms with Crippen LogP contribution in [0, 0.1) is 0 Å². The molecule has 2 rings (SSSR count). The molecule has 2 aliphatic rings. The number of ether oxygens (including phenoxy) is 10. The molecule has 178 valence electrons. The van der Waals surface area contributed by atoms with E-state index in [9.17, 15) is 5.11 Å². The van der Waals surface area contributed by atoms with Crippen LogP contribution in [0.4, 0.5) is 0 Å². The van der Waals surface area contributed by atoms with Crippen molar-refractivity contribution in [3.63, 3.8) is 0 Å². The molecular weight excluding hydrogens is 404 g/mol. The van der Waals surface area contributed by atoms with Gasteiger partial charge in [-0.15, -0.1) is 0 Å². The highest BCUT2D eigenvalue weighted by Gasteiger charge is 2.52. The fraction of sp³-hybridized carbons (Fsp3) is 1.00. The van der Waals surface area contributed by atoms with Gasteiger partial charge in [0.15, 0.2) is 12.6 Å². The van der Waals surface area contributed by atoms with Gasteiger partial charge in [-0.3, -0.25) is 0 Å². The van der Waals surface area contributed by atoms with Crippen LogP contribution in [-0.4, -0.2) is 130 Å². The normalized spacial score (nSPS) is 42.4. The van der Waals surface area contributed by atoms with Gasteiger partial charge in [0.1, 0.15) is 48.8 Å². The Morgan fingerprint density at radius 1 is 0.567 bits per heavy atom. The fourth-order valence-corrected chi connectivity index (χ4v) is 4.12. The largest absolute Gasteiger partial charge is 0.382 e. The van der Waals surface area contributed by atoms with E-state index in [1.165, 1.54) is 21.3 Å². The number of rotatable bonds is 11. The Hall–Kier alpha value is -0.440. The molecule has 0 bridgehead atoms. The first-order valence-electron chi connectivity index (χ1n) is 9.77. The molecule has 0 spiro atoms. The second kappa shape index (κ2) is 12.6. The Bertz CT molecular complexity index is 481. The second-order valence-electron chi connectivity index (χ2n) is 7.12. The SMILES string of the molecule is COCC1O[C@@H](O[C@@H]2C(COC)OC(O)C(OC)C2OC)C(OC)C(OC)C1OC. The Labute approximate surface area is 177 Å². The van der Waals surface area contributed by atoms with Crippen molar-refractivity contribution < 1.29 is 52.5 Å². The molecule has 0 aromatic carbocycles. The van der Waals surface area contributed by atoms with E-state index >= 15 is 0 Å². The van der Waals surface area contributed by atoms with Crippen molar-refractivity contribution in [2.24, 2.45) is 0 Å². The third-order valence-electron chi connectivity index (χ3n) is 5.51. The zero-order valence-electron chi connectivity index (χ0n) is 18.7. The lowest BCUT2D eigenvalue weighted by atomic mass is 9.96. The summed E-state index contributed by atoms with van der Waals surface area (Å²) in [7, 11) is 10.8. The van der Waals surface area contributed by atoms with Gasteiger partial charge in [-0.1, -0.05) is 0 Å². The van der Waals surface area contributed by atoms with E-state index in [-0.39, 0.29) is 13.2 Å². The molecule has 0 aliphatic carbocycles. The van der Waals surface area contributed by atoms with E-state index in [1.807, 2.05) is 0 Å². The fourth-order valence-electron chi connectivity index (χ4n) is 4.12. The Kier molecular flexibility index (Phi) is 10.8. The predicted octanol–water partition coefficient (Wildman–Crippen LogP) is -0.818. The number of aliphatic hydroxyl groups is 1. The van der Waals surface area contributed by atoms with E-state index in [1.54, 1.807) is 28.4 Å². The molecule has 2 aliphatic heterocycles. The number of methoxy groups -OCH3 is 7. The zero-order valence-corrected chi connectivity index (χ0v) is 18.7. The van der Waals surface area contributed by atoms with Crippen LogP contribution >= 0.6 is 0 Å². The molecule has 30 heavy (non-hydrogen) atoms. The molecule has 8 unspecified atom stereocenters. The van der Waals surface area contributed by atoms with Gasteiger partial charge in [-0.2, -0.15) is 0 Å². The second-order valence-corrected chi connectivity index (χ2v) is 7.12. The molecule has 11 nitrogen and oxygen atoms in total. The van der Waals surface area contributed by atoms with E-state index in [0.29, 0.717) is 0 Å². The van der Waals surface area contributed by atoms with Crippen LogP contribution in [0.5, 0.6) is 0 Å². The lowest BCUT2D eigenvalue weighted by Crippen LogP contribution is -2.65. The quantitative estimate of drug-likeness (QED) is 0.435. The van der Waals surface area contributed by atoms with Gasteiger partial charge >= 0.3 is 0 Å². The maximum absolute atomic E-state index is 10.3. The molecule has 0 aromatic heterocycles. The average molecular weight is 440 g/mol. The monoisotopic (exact) mass is 440 g/mol. The van der Waals surface area contributed by atoms with Crippen molar-refractivity contribution >= 4 is 0 Å². The van der Waals surface area contributed by atoms with E-state index in [2.05, 4.69) is 0 Å². The molecular formula is C19H36O11. The summed E-state index contributed by atoms with van der Waals surface area (Å²) in [6.45, 7) is 0.433. The van der Waals surface area contributed by atoms with Crippen molar-refractivity contribution in [3.8, 4) is 0 Å². The van der Waals surface area contributed by atoms with Crippen molar-refractivity contribution in [1.29, 1.82) is 0 Å². The third-order valence-corrected chi connectivity index (χ3v) is 5.51. The van der Waals surface area contributed by atoms with E-state index in [0.717, 1.165) is 0 Å². The van der Waals surface area contributed by atoms with Gasteiger partial charge in [0.2, 0.25) is 0 Å². The molecule has 1 N–H and O–H groups in total. The van der Waals surface area contributed by atoms with Crippen LogP contribution in [0.25, 0.3) is 0 Å². The Balaban J connectivity index is 2.31. The molecule has 0 radical (unpaired) electrons. The number of hydrogen-bond donors (Lipinski definition) is 1. The van der Waals surface area contributed by atoms with Crippen LogP contribution in [0.1, 0.15) is 0 Å². The maximum atomic E-state index is 10.3. The van der Waals surface area contributed by atoms with Gasteiger partial charge < -0.3 is 52.5 Å². The van der Waals surface area contributed by atoms with Gasteiger partial charge in [-0.25, -0.2) is 0 Å². The molecule has 0 saturated carbocycles. The highest BCUT2D eigenvalue weighted by atomic mass is 16.7. The van der Waals surface area contributed by atoms with Gasteiger partial charge in [0.25, 0.3) is 0 Å². The van der Waals surface area contributed by atoms with Gasteiger partial charge in [0.05, 0.1) is 13.2 Å². The lowest BCUT2D eigenvalue weighted by Gasteiger charge is -2.48. The van der Waals surface area contributed by atoms with Crippen molar-refractivity contribution in [2.45, 2.75) is 61.4 Å². The zero-order chi connectivity index (χ0) is 22.3. The summed E-state index contributed by atoms with van der Waals surface area (Å²) < 4.78 is 56.6. The number of aliphatic hydroxyl groups excluding tert-OH is 1. The molecule has 2 saturated heterocycles. The highest BCUT2D eigenvalue weighted by Crippen LogP contribution is 2.33. The van der Waals surface area contributed by atoms with E-state index in [4.69, 9.17) is 47.4 Å². The van der Waals surface area contributed by atoms with E-state index < -0.39 is 61.4 Å². The minimum Gasteiger partial charge on any atom is -0.382 e. The van der Waals surface area contributed by atoms with Crippen LogP contribution in [0.15, 0.2) is 0 Å². The first-order chi connectivity index (χ1) is 14.5. The van der Waals surface area contributed by atoms with Crippen LogP contribution in [0.2, 0.25) is 0 Å². The standard InChI is InChI=1S/C19H36O11/c1-21-8-10-12(23-3)14(24-4)17(27-7)19(29-10)30-13-11(9-22-2)28-18(20)16(26-6)15(13)25-5/h10-20H,8-9H2,1-7H3/t10?,11?,12?,13-,14?,15?,16?,17?,18?,19+/m1/s1. The molecule has 0 aromatic rings. The molecule has 0 amide bonds. The van der Waals surface area contributed by atoms with Crippen LogP contribution in [-0.2, 0) is 47.4 Å². The number of hydrogen-bond acceptors (Lipinski definition) is 11. The first kappa shape index (κ1) is 25.8. The van der Waals surface area contributed by atoms with Gasteiger partial charge in [-0.05, 0) is 0 Å². The summed E-state index contributed by atoms with van der Waals surface area (Å²) >= 11 is 0. The third kappa shape index (κ3) is 5.48.